The zero-order valence-electron chi connectivity index (χ0n) is 17.8. The highest BCUT2D eigenvalue weighted by Crippen LogP contribution is 2.32. The van der Waals surface area contributed by atoms with Crippen LogP contribution < -0.4 is 5.32 Å². The van der Waals surface area contributed by atoms with Crippen LogP contribution in [0.5, 0.6) is 0 Å². The molecule has 0 radical (unpaired) electrons. The fourth-order valence-corrected chi connectivity index (χ4v) is 5.20. The topological polar surface area (TPSA) is 71.1 Å². The third-order valence-corrected chi connectivity index (χ3v) is 6.78. The monoisotopic (exact) mass is 415 g/mol. The Hall–Kier alpha value is -2.12. The van der Waals surface area contributed by atoms with Crippen molar-refractivity contribution in [2.75, 3.05) is 33.4 Å². The minimum atomic E-state index is -0.233. The normalized spacial score (nSPS) is 27.5. The molecule has 2 atom stereocenters. The summed E-state index contributed by atoms with van der Waals surface area (Å²) in [6.07, 6.45) is 4.93. The third kappa shape index (κ3) is 4.95. The molecular weight excluding hydrogens is 382 g/mol. The maximum atomic E-state index is 12.3. The van der Waals surface area contributed by atoms with Crippen molar-refractivity contribution in [3.05, 3.63) is 35.9 Å². The lowest BCUT2D eigenvalue weighted by atomic mass is 9.88. The van der Waals surface area contributed by atoms with Gasteiger partial charge in [-0.3, -0.25) is 9.69 Å². The molecule has 7 nitrogen and oxygen atoms in total. The quantitative estimate of drug-likeness (QED) is 0.798. The molecule has 2 amide bonds. The Balaban J connectivity index is 1.22. The Labute approximate surface area is 178 Å². The molecule has 3 heterocycles. The number of nitrogens with zero attached hydrogens (tertiary/aromatic N) is 2. The van der Waals surface area contributed by atoms with E-state index >= 15 is 0 Å². The number of benzene rings is 1. The average Bonchev–Trinajstić information content (AvgIpc) is 2.77. The van der Waals surface area contributed by atoms with Crippen molar-refractivity contribution in [3.63, 3.8) is 0 Å². The van der Waals surface area contributed by atoms with Crippen LogP contribution in [-0.4, -0.2) is 79.4 Å². The molecule has 1 aromatic carbocycles. The van der Waals surface area contributed by atoms with Crippen LogP contribution in [0.2, 0.25) is 0 Å². The van der Waals surface area contributed by atoms with E-state index in [-0.39, 0.29) is 30.1 Å². The summed E-state index contributed by atoms with van der Waals surface area (Å²) in [5, 5.41) is 3.23. The summed E-state index contributed by atoms with van der Waals surface area (Å²) >= 11 is 0. The van der Waals surface area contributed by atoms with Gasteiger partial charge in [0.1, 0.15) is 0 Å². The second kappa shape index (κ2) is 9.79. The van der Waals surface area contributed by atoms with Gasteiger partial charge in [0.15, 0.2) is 0 Å². The number of ether oxygens (including phenoxy) is 2. The molecule has 3 saturated heterocycles. The molecule has 164 valence electrons. The van der Waals surface area contributed by atoms with Crippen molar-refractivity contribution in [3.8, 4) is 0 Å². The van der Waals surface area contributed by atoms with Gasteiger partial charge >= 0.3 is 6.09 Å². The van der Waals surface area contributed by atoms with Crippen molar-refractivity contribution in [1.29, 1.82) is 0 Å². The minimum Gasteiger partial charge on any atom is -0.453 e. The molecule has 3 aliphatic rings. The van der Waals surface area contributed by atoms with Gasteiger partial charge in [-0.15, -0.1) is 0 Å². The minimum absolute atomic E-state index is 0.102. The zero-order valence-corrected chi connectivity index (χ0v) is 17.8. The number of fused-ring (bicyclic) bond motifs is 2. The van der Waals surface area contributed by atoms with Crippen LogP contribution >= 0.6 is 0 Å². The van der Waals surface area contributed by atoms with Gasteiger partial charge in [-0.1, -0.05) is 30.3 Å². The number of hydrogen-bond acceptors (Lipinski definition) is 5. The number of amides is 2. The molecule has 0 aromatic heterocycles. The fraction of sp³-hybridized carbons (Fsp3) is 0.652. The first kappa shape index (κ1) is 21.1. The lowest BCUT2D eigenvalue weighted by Crippen LogP contribution is -2.63. The van der Waals surface area contributed by atoms with Crippen LogP contribution in [0, 0.1) is 0 Å². The lowest BCUT2D eigenvalue weighted by Gasteiger charge is -2.50. The Bertz CT molecular complexity index is 706. The van der Waals surface area contributed by atoms with Crippen molar-refractivity contribution in [1.82, 2.24) is 15.1 Å². The highest BCUT2D eigenvalue weighted by molar-refractivity contribution is 5.76. The average molecular weight is 416 g/mol. The molecule has 7 heteroatoms. The van der Waals surface area contributed by atoms with E-state index in [1.165, 1.54) is 12.7 Å². The van der Waals surface area contributed by atoms with E-state index in [2.05, 4.69) is 22.3 Å². The Morgan fingerprint density at radius 3 is 2.37 bits per heavy atom. The highest BCUT2D eigenvalue weighted by Gasteiger charge is 2.44. The number of likely N-dealkylation sites (tertiary alicyclic amines) is 1. The lowest BCUT2D eigenvalue weighted by molar-refractivity contribution is -0.122. The van der Waals surface area contributed by atoms with E-state index in [1.807, 2.05) is 23.1 Å². The fourth-order valence-electron chi connectivity index (χ4n) is 5.20. The number of nitrogens with one attached hydrogen (secondary N) is 1. The van der Waals surface area contributed by atoms with Gasteiger partial charge in [0.05, 0.1) is 32.4 Å². The SMILES string of the molecule is COC(=O)N1C2COCC1CC(N1CCC(NC(=O)CCc3ccccc3)CC1)C2. The first-order valence-corrected chi connectivity index (χ1v) is 11.2. The molecule has 1 aromatic rings. The van der Waals surface area contributed by atoms with Crippen LogP contribution in [-0.2, 0) is 20.7 Å². The van der Waals surface area contributed by atoms with Crippen LogP contribution in [0.15, 0.2) is 30.3 Å². The van der Waals surface area contributed by atoms with E-state index in [0.717, 1.165) is 45.2 Å². The number of morpholine rings is 1. The Morgan fingerprint density at radius 1 is 1.07 bits per heavy atom. The summed E-state index contributed by atoms with van der Waals surface area (Å²) in [6.45, 7) is 3.17. The molecule has 30 heavy (non-hydrogen) atoms. The summed E-state index contributed by atoms with van der Waals surface area (Å²) in [5.74, 6) is 0.148. The predicted molar refractivity (Wildman–Crippen MR) is 113 cm³/mol. The Kier molecular flexibility index (Phi) is 6.89. The van der Waals surface area contributed by atoms with Gasteiger partial charge in [0, 0.05) is 31.6 Å². The highest BCUT2D eigenvalue weighted by atomic mass is 16.5. The van der Waals surface area contributed by atoms with Gasteiger partial charge in [0.2, 0.25) is 5.91 Å². The first-order chi connectivity index (χ1) is 14.6. The smallest absolute Gasteiger partial charge is 0.410 e. The zero-order chi connectivity index (χ0) is 20.9. The third-order valence-electron chi connectivity index (χ3n) is 6.78. The molecule has 0 aliphatic carbocycles. The van der Waals surface area contributed by atoms with E-state index < -0.39 is 0 Å². The van der Waals surface area contributed by atoms with E-state index in [4.69, 9.17) is 9.47 Å². The predicted octanol–water partition coefficient (Wildman–Crippen LogP) is 2.20. The summed E-state index contributed by atoms with van der Waals surface area (Å²) in [4.78, 5) is 28.9. The van der Waals surface area contributed by atoms with Crippen LogP contribution in [0.25, 0.3) is 0 Å². The van der Waals surface area contributed by atoms with Gasteiger partial charge in [0.25, 0.3) is 0 Å². The molecule has 3 aliphatic heterocycles. The first-order valence-electron chi connectivity index (χ1n) is 11.2. The number of piperidine rings is 2. The Morgan fingerprint density at radius 2 is 1.73 bits per heavy atom. The molecule has 0 saturated carbocycles. The molecule has 2 unspecified atom stereocenters. The number of aryl methyl sites for hydroxylation is 1. The number of hydrogen-bond donors (Lipinski definition) is 1. The summed E-state index contributed by atoms with van der Waals surface area (Å²) in [5.41, 5.74) is 1.20. The van der Waals surface area contributed by atoms with Crippen LogP contribution in [0.4, 0.5) is 4.79 Å². The van der Waals surface area contributed by atoms with E-state index in [1.54, 1.807) is 0 Å². The molecule has 4 rings (SSSR count). The van der Waals surface area contributed by atoms with E-state index in [9.17, 15) is 9.59 Å². The van der Waals surface area contributed by atoms with Crippen molar-refractivity contribution < 1.29 is 19.1 Å². The van der Waals surface area contributed by atoms with Gasteiger partial charge in [-0.25, -0.2) is 4.79 Å². The van der Waals surface area contributed by atoms with Crippen LogP contribution in [0.1, 0.15) is 37.7 Å². The number of methoxy groups -OCH3 is 1. The maximum Gasteiger partial charge on any atom is 0.410 e. The summed E-state index contributed by atoms with van der Waals surface area (Å²) in [6, 6.07) is 11.1. The summed E-state index contributed by atoms with van der Waals surface area (Å²) in [7, 11) is 1.45. The van der Waals surface area contributed by atoms with Crippen molar-refractivity contribution >= 4 is 12.0 Å². The second-order valence-corrected chi connectivity index (χ2v) is 8.71. The largest absolute Gasteiger partial charge is 0.453 e. The van der Waals surface area contributed by atoms with Gasteiger partial charge in [-0.2, -0.15) is 0 Å². The van der Waals surface area contributed by atoms with Gasteiger partial charge < -0.3 is 19.7 Å². The molecule has 3 fully saturated rings. The molecule has 1 N–H and O–H groups in total. The van der Waals surface area contributed by atoms with Crippen LogP contribution in [0.3, 0.4) is 0 Å². The maximum absolute atomic E-state index is 12.3. The van der Waals surface area contributed by atoms with Crippen molar-refractivity contribution in [2.45, 2.75) is 62.7 Å². The molecule has 0 spiro atoms. The van der Waals surface area contributed by atoms with Crippen molar-refractivity contribution in [2.24, 2.45) is 0 Å². The molecular formula is C23H33N3O4. The number of carbonyl (C=O) groups excluding carboxylic acids is 2. The second-order valence-electron chi connectivity index (χ2n) is 8.71. The van der Waals surface area contributed by atoms with Gasteiger partial charge in [-0.05, 0) is 37.7 Å². The summed E-state index contributed by atoms with van der Waals surface area (Å²) < 4.78 is 10.7. The number of carbonyl (C=O) groups is 2. The molecule has 2 bridgehead atoms. The number of rotatable bonds is 5. The standard InChI is InChI=1S/C23H33N3O4/c1-29-23(28)26-20-13-19(14-21(26)16-30-15-20)25-11-9-18(10-12-25)24-22(27)8-7-17-5-3-2-4-6-17/h2-6,18-21H,7-16H2,1H3,(H,24,27). The van der Waals surface area contributed by atoms with E-state index in [0.29, 0.717) is 25.7 Å².